The monoisotopic (exact) mass is 232 g/mol. The summed E-state index contributed by atoms with van der Waals surface area (Å²) >= 11 is 0. The van der Waals surface area contributed by atoms with Gasteiger partial charge in [-0.15, -0.1) is 0 Å². The van der Waals surface area contributed by atoms with Gasteiger partial charge < -0.3 is 10.0 Å². The van der Waals surface area contributed by atoms with Gasteiger partial charge >= 0.3 is 0 Å². The second-order valence-electron chi connectivity index (χ2n) is 5.74. The lowest BCUT2D eigenvalue weighted by Gasteiger charge is -2.29. The highest BCUT2D eigenvalue weighted by Crippen LogP contribution is 2.65. The van der Waals surface area contributed by atoms with E-state index in [-0.39, 0.29) is 5.41 Å². The van der Waals surface area contributed by atoms with Crippen LogP contribution in [0.15, 0.2) is 12.1 Å². The van der Waals surface area contributed by atoms with Crippen molar-refractivity contribution >= 4 is 5.82 Å². The first-order valence-corrected chi connectivity index (χ1v) is 6.42. The van der Waals surface area contributed by atoms with Crippen molar-refractivity contribution in [2.75, 3.05) is 19.0 Å². The number of hydrogen-bond donors (Lipinski definition) is 1. The van der Waals surface area contributed by atoms with Crippen LogP contribution in [0.3, 0.4) is 0 Å². The van der Waals surface area contributed by atoms with Crippen LogP contribution < -0.4 is 4.90 Å². The highest BCUT2D eigenvalue weighted by Gasteiger charge is 2.63. The summed E-state index contributed by atoms with van der Waals surface area (Å²) < 4.78 is 0. The van der Waals surface area contributed by atoms with Gasteiger partial charge in [-0.1, -0.05) is 13.0 Å². The SMILES string of the molecule is CCC1(O)c2nc(N(C)C)ccc2CC12CC2. The molecule has 0 bridgehead atoms. The summed E-state index contributed by atoms with van der Waals surface area (Å²) in [4.78, 5) is 6.68. The lowest BCUT2D eigenvalue weighted by molar-refractivity contribution is -0.0323. The molecular weight excluding hydrogens is 212 g/mol. The van der Waals surface area contributed by atoms with Gasteiger partial charge in [0, 0.05) is 19.5 Å². The Hall–Kier alpha value is -1.09. The molecule has 0 amide bonds. The molecule has 17 heavy (non-hydrogen) atoms. The Labute approximate surface area is 102 Å². The van der Waals surface area contributed by atoms with Crippen LogP contribution in [0, 0.1) is 5.41 Å². The van der Waals surface area contributed by atoms with Gasteiger partial charge in [0.05, 0.1) is 5.69 Å². The van der Waals surface area contributed by atoms with Crippen LogP contribution in [-0.4, -0.2) is 24.2 Å². The molecule has 3 heteroatoms. The molecule has 0 radical (unpaired) electrons. The minimum atomic E-state index is -0.686. The van der Waals surface area contributed by atoms with E-state index in [1.54, 1.807) is 0 Å². The Morgan fingerprint density at radius 3 is 2.59 bits per heavy atom. The van der Waals surface area contributed by atoms with Gasteiger partial charge in [-0.2, -0.15) is 0 Å². The molecular formula is C14H20N2O. The molecule has 1 spiro atoms. The van der Waals surface area contributed by atoms with Crippen LogP contribution in [0.25, 0.3) is 0 Å². The van der Waals surface area contributed by atoms with Gasteiger partial charge in [0.25, 0.3) is 0 Å². The molecule has 1 aromatic heterocycles. The highest BCUT2D eigenvalue weighted by molar-refractivity contribution is 5.47. The molecule has 1 saturated carbocycles. The van der Waals surface area contributed by atoms with Crippen molar-refractivity contribution in [1.29, 1.82) is 0 Å². The molecule has 1 aromatic rings. The second kappa shape index (κ2) is 3.22. The average Bonchev–Trinajstić information content (AvgIpc) is 3.04. The summed E-state index contributed by atoms with van der Waals surface area (Å²) in [5.41, 5.74) is 1.61. The molecule has 2 aliphatic carbocycles. The van der Waals surface area contributed by atoms with Crippen molar-refractivity contribution < 1.29 is 5.11 Å². The van der Waals surface area contributed by atoms with Crippen molar-refractivity contribution in [2.24, 2.45) is 5.41 Å². The van der Waals surface area contributed by atoms with Gasteiger partial charge in [-0.25, -0.2) is 4.98 Å². The van der Waals surface area contributed by atoms with Crippen LogP contribution in [0.1, 0.15) is 37.4 Å². The van der Waals surface area contributed by atoms with Crippen molar-refractivity contribution in [2.45, 2.75) is 38.2 Å². The van der Waals surface area contributed by atoms with Crippen molar-refractivity contribution in [3.05, 3.63) is 23.4 Å². The van der Waals surface area contributed by atoms with Crippen molar-refractivity contribution in [3.8, 4) is 0 Å². The van der Waals surface area contributed by atoms with Crippen molar-refractivity contribution in [1.82, 2.24) is 4.98 Å². The maximum atomic E-state index is 11.0. The summed E-state index contributed by atoms with van der Waals surface area (Å²) in [6, 6.07) is 4.20. The van der Waals surface area contributed by atoms with E-state index in [1.165, 1.54) is 5.56 Å². The number of pyridine rings is 1. The third-order valence-electron chi connectivity index (χ3n) is 4.59. The van der Waals surface area contributed by atoms with Crippen LogP contribution in [0.2, 0.25) is 0 Å². The van der Waals surface area contributed by atoms with E-state index < -0.39 is 5.60 Å². The topological polar surface area (TPSA) is 36.4 Å². The maximum absolute atomic E-state index is 11.0. The molecule has 3 rings (SSSR count). The van der Waals surface area contributed by atoms with E-state index in [0.717, 1.165) is 37.2 Å². The number of aliphatic hydroxyl groups is 1. The fraction of sp³-hybridized carbons (Fsp3) is 0.643. The molecule has 1 atom stereocenters. The predicted octanol–water partition coefficient (Wildman–Crippen LogP) is 2.08. The van der Waals surface area contributed by atoms with E-state index in [1.807, 2.05) is 19.0 Å². The van der Waals surface area contributed by atoms with E-state index >= 15 is 0 Å². The van der Waals surface area contributed by atoms with E-state index in [9.17, 15) is 5.11 Å². The molecule has 1 N–H and O–H groups in total. The van der Waals surface area contributed by atoms with Crippen molar-refractivity contribution in [3.63, 3.8) is 0 Å². The molecule has 0 saturated heterocycles. The summed E-state index contributed by atoms with van der Waals surface area (Å²) in [5, 5.41) is 11.0. The number of rotatable bonds is 2. The number of aromatic nitrogens is 1. The molecule has 92 valence electrons. The number of hydrogen-bond acceptors (Lipinski definition) is 3. The number of anilines is 1. The molecule has 0 aliphatic heterocycles. The molecule has 0 aromatic carbocycles. The van der Waals surface area contributed by atoms with E-state index in [2.05, 4.69) is 24.0 Å². The lowest BCUT2D eigenvalue weighted by atomic mass is 9.84. The zero-order valence-electron chi connectivity index (χ0n) is 10.8. The Bertz CT molecular complexity index is 465. The first-order valence-electron chi connectivity index (χ1n) is 6.42. The molecule has 1 heterocycles. The summed E-state index contributed by atoms with van der Waals surface area (Å²) in [6.07, 6.45) is 4.06. The van der Waals surface area contributed by atoms with E-state index in [0.29, 0.717) is 0 Å². The predicted molar refractivity (Wildman–Crippen MR) is 68.1 cm³/mol. The van der Waals surface area contributed by atoms with Crippen LogP contribution in [0.5, 0.6) is 0 Å². The summed E-state index contributed by atoms with van der Waals surface area (Å²) in [6.45, 7) is 2.07. The summed E-state index contributed by atoms with van der Waals surface area (Å²) in [5.74, 6) is 0.938. The molecule has 3 nitrogen and oxygen atoms in total. The quantitative estimate of drug-likeness (QED) is 0.848. The zero-order valence-corrected chi connectivity index (χ0v) is 10.8. The van der Waals surface area contributed by atoms with Gasteiger partial charge in [-0.05, 0) is 37.3 Å². The second-order valence-corrected chi connectivity index (χ2v) is 5.74. The first kappa shape index (κ1) is 11.0. The maximum Gasteiger partial charge on any atom is 0.128 e. The molecule has 1 fully saturated rings. The Morgan fingerprint density at radius 2 is 2.06 bits per heavy atom. The molecule has 1 unspecified atom stereocenters. The Kier molecular flexibility index (Phi) is 2.09. The van der Waals surface area contributed by atoms with Gasteiger partial charge in [-0.3, -0.25) is 0 Å². The van der Waals surface area contributed by atoms with Crippen LogP contribution in [0.4, 0.5) is 5.82 Å². The fourth-order valence-electron chi connectivity index (χ4n) is 3.27. The lowest BCUT2D eigenvalue weighted by Crippen LogP contribution is -2.33. The Morgan fingerprint density at radius 1 is 1.35 bits per heavy atom. The molecule has 2 aliphatic rings. The van der Waals surface area contributed by atoms with Crippen LogP contribution in [-0.2, 0) is 12.0 Å². The fourth-order valence-corrected chi connectivity index (χ4v) is 3.27. The normalized spacial score (nSPS) is 28.2. The smallest absolute Gasteiger partial charge is 0.128 e. The Balaban J connectivity index is 2.12. The van der Waals surface area contributed by atoms with Gasteiger partial charge in [0.2, 0.25) is 0 Å². The highest BCUT2D eigenvalue weighted by atomic mass is 16.3. The van der Waals surface area contributed by atoms with Crippen LogP contribution >= 0.6 is 0 Å². The first-order chi connectivity index (χ1) is 8.02. The largest absolute Gasteiger partial charge is 0.383 e. The standard InChI is InChI=1S/C14H20N2O/c1-4-14(17)12-10(9-13(14)7-8-13)5-6-11(15-12)16(2)3/h5-6,17H,4,7-9H2,1-3H3. The minimum Gasteiger partial charge on any atom is -0.383 e. The number of fused-ring (bicyclic) bond motifs is 1. The number of nitrogens with zero attached hydrogens (tertiary/aromatic N) is 2. The zero-order chi connectivity index (χ0) is 12.3. The van der Waals surface area contributed by atoms with E-state index in [4.69, 9.17) is 0 Å². The summed E-state index contributed by atoms with van der Waals surface area (Å²) in [7, 11) is 3.98. The van der Waals surface area contributed by atoms with Gasteiger partial charge in [0.15, 0.2) is 0 Å². The average molecular weight is 232 g/mol. The van der Waals surface area contributed by atoms with Gasteiger partial charge in [0.1, 0.15) is 11.4 Å². The third kappa shape index (κ3) is 1.29. The third-order valence-corrected chi connectivity index (χ3v) is 4.59. The minimum absolute atomic E-state index is 0.113.